The van der Waals surface area contributed by atoms with E-state index in [1.807, 2.05) is 26.8 Å². The highest BCUT2D eigenvalue weighted by Crippen LogP contribution is 2.46. The standard InChI is InChI=1S/C28H42N2O4/c1-6-21(18-20-10-8-7-9-11-20)24-19-25(24)30(27(32)34-28(2,3)4)23-14-12-22(13-15-23)29-17-16-26(31)33-5/h7-11,18,22-25,29H,6,12-17,19H2,1-5H3/b21-18+/t22?,23?,24-,25+/m0/s1. The molecule has 6 heteroatoms. The number of esters is 1. The van der Waals surface area contributed by atoms with Gasteiger partial charge < -0.3 is 19.7 Å². The maximum Gasteiger partial charge on any atom is 0.410 e. The second-order valence-electron chi connectivity index (χ2n) is 10.6. The van der Waals surface area contributed by atoms with Gasteiger partial charge in [0.2, 0.25) is 0 Å². The number of amides is 1. The summed E-state index contributed by atoms with van der Waals surface area (Å²) in [6.07, 6.45) is 8.35. The van der Waals surface area contributed by atoms with E-state index in [-0.39, 0.29) is 24.1 Å². The van der Waals surface area contributed by atoms with Gasteiger partial charge >= 0.3 is 12.1 Å². The highest BCUT2D eigenvalue weighted by molar-refractivity contribution is 5.70. The highest BCUT2D eigenvalue weighted by atomic mass is 16.6. The van der Waals surface area contributed by atoms with Crippen molar-refractivity contribution < 1.29 is 19.1 Å². The molecule has 3 rings (SSSR count). The summed E-state index contributed by atoms with van der Waals surface area (Å²) in [5.74, 6) is 0.209. The number of nitrogens with one attached hydrogen (secondary N) is 1. The molecule has 0 saturated heterocycles. The zero-order valence-electron chi connectivity index (χ0n) is 21.5. The summed E-state index contributed by atoms with van der Waals surface area (Å²) in [6.45, 7) is 8.63. The number of nitrogens with zero attached hydrogens (tertiary/aromatic N) is 1. The van der Waals surface area contributed by atoms with Crippen molar-refractivity contribution in [3.8, 4) is 0 Å². The minimum atomic E-state index is -0.514. The van der Waals surface area contributed by atoms with Gasteiger partial charge in [0.05, 0.1) is 13.5 Å². The first-order valence-corrected chi connectivity index (χ1v) is 12.8. The molecule has 2 aliphatic carbocycles. The molecule has 0 unspecified atom stereocenters. The van der Waals surface area contributed by atoms with Gasteiger partial charge in [0.1, 0.15) is 5.60 Å². The summed E-state index contributed by atoms with van der Waals surface area (Å²) in [5, 5.41) is 3.48. The minimum Gasteiger partial charge on any atom is -0.469 e. The fraction of sp³-hybridized carbons (Fsp3) is 0.643. The lowest BCUT2D eigenvalue weighted by molar-refractivity contribution is -0.140. The van der Waals surface area contributed by atoms with E-state index in [0.29, 0.717) is 24.9 Å². The number of hydrogen-bond acceptors (Lipinski definition) is 5. The molecule has 1 N–H and O–H groups in total. The molecule has 0 aromatic heterocycles. The monoisotopic (exact) mass is 470 g/mol. The van der Waals surface area contributed by atoms with Gasteiger partial charge in [-0.05, 0) is 64.9 Å². The highest BCUT2D eigenvalue weighted by Gasteiger charge is 2.49. The predicted molar refractivity (Wildman–Crippen MR) is 135 cm³/mol. The quantitative estimate of drug-likeness (QED) is 0.478. The van der Waals surface area contributed by atoms with Crippen LogP contribution in [-0.2, 0) is 14.3 Å². The average molecular weight is 471 g/mol. The van der Waals surface area contributed by atoms with Crippen LogP contribution in [0.1, 0.15) is 78.2 Å². The molecule has 2 saturated carbocycles. The van der Waals surface area contributed by atoms with Crippen LogP contribution in [0, 0.1) is 5.92 Å². The van der Waals surface area contributed by atoms with E-state index in [1.165, 1.54) is 18.2 Å². The Morgan fingerprint density at radius 1 is 1.12 bits per heavy atom. The molecular formula is C28H42N2O4. The van der Waals surface area contributed by atoms with Gasteiger partial charge in [-0.15, -0.1) is 0 Å². The largest absolute Gasteiger partial charge is 0.469 e. The molecule has 0 radical (unpaired) electrons. The van der Waals surface area contributed by atoms with E-state index < -0.39 is 5.60 Å². The first kappa shape index (κ1) is 26.3. The van der Waals surface area contributed by atoms with Gasteiger partial charge in [-0.2, -0.15) is 0 Å². The third kappa shape index (κ3) is 7.59. The molecular weight excluding hydrogens is 428 g/mol. The molecule has 0 spiro atoms. The summed E-state index contributed by atoms with van der Waals surface area (Å²) < 4.78 is 10.6. The Hall–Kier alpha value is -2.34. The van der Waals surface area contributed by atoms with Crippen LogP contribution >= 0.6 is 0 Å². The van der Waals surface area contributed by atoms with Gasteiger partial charge in [0.25, 0.3) is 0 Å². The molecule has 1 amide bonds. The SMILES string of the molecule is CC/C(=C\c1ccccc1)[C@@H]1C[C@H]1N(C(=O)OC(C)(C)C)C1CCC(NCCC(=O)OC)CC1. The van der Waals surface area contributed by atoms with Crippen LogP contribution < -0.4 is 5.32 Å². The van der Waals surface area contributed by atoms with Crippen molar-refractivity contribution in [1.29, 1.82) is 0 Å². The molecule has 1 aromatic rings. The number of ether oxygens (including phenoxy) is 2. The van der Waals surface area contributed by atoms with Crippen LogP contribution in [0.5, 0.6) is 0 Å². The Balaban J connectivity index is 1.65. The van der Waals surface area contributed by atoms with Gasteiger partial charge in [0, 0.05) is 30.6 Å². The first-order valence-electron chi connectivity index (χ1n) is 12.8. The van der Waals surface area contributed by atoms with Crippen LogP contribution in [0.25, 0.3) is 6.08 Å². The zero-order chi connectivity index (χ0) is 24.7. The molecule has 188 valence electrons. The zero-order valence-corrected chi connectivity index (χ0v) is 21.5. The van der Waals surface area contributed by atoms with Crippen molar-refractivity contribution in [2.45, 2.75) is 96.4 Å². The number of methoxy groups -OCH3 is 1. The Kier molecular flexibility index (Phi) is 9.17. The van der Waals surface area contributed by atoms with E-state index >= 15 is 0 Å². The molecule has 2 atom stereocenters. The number of rotatable bonds is 9. The fourth-order valence-electron chi connectivity index (χ4n) is 5.03. The summed E-state index contributed by atoms with van der Waals surface area (Å²) in [5.41, 5.74) is 2.11. The molecule has 2 aliphatic rings. The normalized spacial score (nSPS) is 24.9. The van der Waals surface area contributed by atoms with Gasteiger partial charge in [0.15, 0.2) is 0 Å². The Morgan fingerprint density at radius 3 is 2.38 bits per heavy atom. The number of hydrogen-bond donors (Lipinski definition) is 1. The fourth-order valence-corrected chi connectivity index (χ4v) is 5.03. The molecule has 0 bridgehead atoms. The number of benzene rings is 1. The minimum absolute atomic E-state index is 0.183. The van der Waals surface area contributed by atoms with E-state index in [0.717, 1.165) is 38.5 Å². The third-order valence-corrected chi connectivity index (χ3v) is 6.83. The van der Waals surface area contributed by atoms with Crippen LogP contribution in [0.4, 0.5) is 4.79 Å². The third-order valence-electron chi connectivity index (χ3n) is 6.83. The lowest BCUT2D eigenvalue weighted by Gasteiger charge is -2.38. The van der Waals surface area contributed by atoms with Crippen molar-refractivity contribution in [2.24, 2.45) is 5.92 Å². The maximum absolute atomic E-state index is 13.3. The van der Waals surface area contributed by atoms with E-state index in [4.69, 9.17) is 9.47 Å². The molecule has 34 heavy (non-hydrogen) atoms. The van der Waals surface area contributed by atoms with Crippen molar-refractivity contribution in [3.63, 3.8) is 0 Å². The van der Waals surface area contributed by atoms with Gasteiger partial charge in [-0.1, -0.05) is 48.9 Å². The van der Waals surface area contributed by atoms with E-state index in [2.05, 4.69) is 47.5 Å². The second-order valence-corrected chi connectivity index (χ2v) is 10.6. The Morgan fingerprint density at radius 2 is 1.79 bits per heavy atom. The topological polar surface area (TPSA) is 67.9 Å². The first-order chi connectivity index (χ1) is 16.2. The van der Waals surface area contributed by atoms with Crippen molar-refractivity contribution in [1.82, 2.24) is 10.2 Å². The lowest BCUT2D eigenvalue weighted by atomic mass is 9.90. The Bertz CT molecular complexity index is 838. The molecule has 6 nitrogen and oxygen atoms in total. The Labute approximate surface area is 205 Å². The second kappa shape index (κ2) is 11.9. The number of carbonyl (C=O) groups excluding carboxylic acids is 2. The average Bonchev–Trinajstić information content (AvgIpc) is 3.58. The maximum atomic E-state index is 13.3. The molecule has 1 aromatic carbocycles. The van der Waals surface area contributed by atoms with Crippen LogP contribution in [0.2, 0.25) is 0 Å². The summed E-state index contributed by atoms with van der Waals surface area (Å²) in [4.78, 5) is 26.8. The molecule has 0 aliphatic heterocycles. The van der Waals surface area contributed by atoms with Crippen LogP contribution in [0.3, 0.4) is 0 Å². The van der Waals surface area contributed by atoms with E-state index in [1.54, 1.807) is 0 Å². The smallest absolute Gasteiger partial charge is 0.410 e. The molecule has 0 heterocycles. The molecule has 2 fully saturated rings. The van der Waals surface area contributed by atoms with E-state index in [9.17, 15) is 9.59 Å². The van der Waals surface area contributed by atoms with Crippen LogP contribution in [0.15, 0.2) is 35.9 Å². The van der Waals surface area contributed by atoms with Gasteiger partial charge in [-0.25, -0.2) is 4.79 Å². The van der Waals surface area contributed by atoms with Crippen molar-refractivity contribution in [3.05, 3.63) is 41.5 Å². The van der Waals surface area contributed by atoms with Crippen molar-refractivity contribution in [2.75, 3.05) is 13.7 Å². The number of carbonyl (C=O) groups is 2. The summed E-state index contributed by atoms with van der Waals surface area (Å²) >= 11 is 0. The lowest BCUT2D eigenvalue weighted by Crippen LogP contribution is -2.48. The van der Waals surface area contributed by atoms with Gasteiger partial charge in [-0.3, -0.25) is 4.79 Å². The summed E-state index contributed by atoms with van der Waals surface area (Å²) in [6, 6.07) is 11.2. The van der Waals surface area contributed by atoms with Crippen molar-refractivity contribution >= 4 is 18.1 Å². The predicted octanol–water partition coefficient (Wildman–Crippen LogP) is 5.57. The summed E-state index contributed by atoms with van der Waals surface area (Å²) in [7, 11) is 1.42. The van der Waals surface area contributed by atoms with Crippen LogP contribution in [-0.4, -0.2) is 54.3 Å².